The summed E-state index contributed by atoms with van der Waals surface area (Å²) in [6.45, 7) is 0. The van der Waals surface area contributed by atoms with E-state index in [2.05, 4.69) is 36.2 Å². The van der Waals surface area contributed by atoms with Crippen molar-refractivity contribution in [1.29, 1.82) is 0 Å². The molecule has 4 rings (SSSR count). The van der Waals surface area contributed by atoms with Crippen LogP contribution in [0.5, 0.6) is 5.75 Å². The van der Waals surface area contributed by atoms with Crippen molar-refractivity contribution in [2.24, 2.45) is 0 Å². The van der Waals surface area contributed by atoms with Gasteiger partial charge < -0.3 is 19.8 Å². The maximum atomic E-state index is 12.7. The lowest BCUT2D eigenvalue weighted by Gasteiger charge is -2.18. The van der Waals surface area contributed by atoms with Gasteiger partial charge in [0.2, 0.25) is 5.82 Å². The summed E-state index contributed by atoms with van der Waals surface area (Å²) >= 11 is 5.90. The first kappa shape index (κ1) is 20.4. The second-order valence-corrected chi connectivity index (χ2v) is 6.95. The van der Waals surface area contributed by atoms with Crippen molar-refractivity contribution >= 4 is 23.3 Å². The molecule has 2 heterocycles. The molecule has 0 saturated carbocycles. The number of rotatable bonds is 7. The van der Waals surface area contributed by atoms with E-state index in [1.165, 1.54) is 6.39 Å². The Labute approximate surface area is 182 Å². The number of methoxy groups -OCH3 is 1. The first-order valence-electron chi connectivity index (χ1n) is 9.25. The molecular formula is C20H18ClN7O3. The largest absolute Gasteiger partial charge is 0.497 e. The number of anilines is 1. The fourth-order valence-corrected chi connectivity index (χ4v) is 3.12. The summed E-state index contributed by atoms with van der Waals surface area (Å²) in [6.07, 6.45) is 1.71. The van der Waals surface area contributed by atoms with Gasteiger partial charge in [-0.1, -0.05) is 23.7 Å². The lowest BCUT2D eigenvalue weighted by atomic mass is 10.0. The van der Waals surface area contributed by atoms with Crippen LogP contribution in [0.1, 0.15) is 17.4 Å². The number of tetrazole rings is 1. The number of urea groups is 1. The molecule has 1 unspecified atom stereocenters. The fraction of sp³-hybridized carbons (Fsp3) is 0.150. The van der Waals surface area contributed by atoms with Gasteiger partial charge in [0.05, 0.1) is 13.2 Å². The third-order valence-corrected chi connectivity index (χ3v) is 4.73. The van der Waals surface area contributed by atoms with Crippen molar-refractivity contribution in [3.05, 3.63) is 71.3 Å². The molecule has 2 amide bonds. The van der Waals surface area contributed by atoms with Crippen LogP contribution in [0.25, 0.3) is 11.5 Å². The third kappa shape index (κ3) is 4.98. The van der Waals surface area contributed by atoms with E-state index in [-0.39, 0.29) is 5.82 Å². The molecular weight excluding hydrogens is 422 g/mol. The van der Waals surface area contributed by atoms with Gasteiger partial charge in [0.1, 0.15) is 5.75 Å². The van der Waals surface area contributed by atoms with E-state index in [9.17, 15) is 4.79 Å². The molecule has 0 aliphatic carbocycles. The van der Waals surface area contributed by atoms with Crippen molar-refractivity contribution in [2.75, 3.05) is 12.4 Å². The van der Waals surface area contributed by atoms with Crippen LogP contribution in [-0.2, 0) is 6.42 Å². The number of H-pyrrole nitrogens is 1. The minimum Gasteiger partial charge on any atom is -0.497 e. The van der Waals surface area contributed by atoms with Crippen LogP contribution in [0.3, 0.4) is 0 Å². The van der Waals surface area contributed by atoms with Crippen LogP contribution in [-0.4, -0.2) is 38.7 Å². The highest BCUT2D eigenvalue weighted by molar-refractivity contribution is 6.30. The molecule has 31 heavy (non-hydrogen) atoms. The molecule has 0 bridgehead atoms. The van der Waals surface area contributed by atoms with E-state index >= 15 is 0 Å². The highest BCUT2D eigenvalue weighted by Gasteiger charge is 2.25. The van der Waals surface area contributed by atoms with Gasteiger partial charge in [0.25, 0.3) is 0 Å². The van der Waals surface area contributed by atoms with Gasteiger partial charge in [-0.05, 0) is 47.2 Å². The van der Waals surface area contributed by atoms with Crippen molar-refractivity contribution in [3.63, 3.8) is 0 Å². The van der Waals surface area contributed by atoms with Gasteiger partial charge in [-0.3, -0.25) is 0 Å². The second kappa shape index (κ2) is 9.26. The number of hydrogen-bond donors (Lipinski definition) is 3. The molecule has 0 saturated heterocycles. The number of ether oxygens (including phenoxy) is 1. The van der Waals surface area contributed by atoms with Crippen LogP contribution in [0.15, 0.2) is 59.3 Å². The molecule has 158 valence electrons. The lowest BCUT2D eigenvalue weighted by molar-refractivity contribution is 0.246. The number of nitrogens with one attached hydrogen (secondary N) is 3. The molecule has 11 heteroatoms. The highest BCUT2D eigenvalue weighted by atomic mass is 35.5. The molecule has 1 atom stereocenters. The van der Waals surface area contributed by atoms with Crippen LogP contribution in [0, 0.1) is 0 Å². The zero-order valence-electron chi connectivity index (χ0n) is 16.4. The number of aromatic amines is 1. The van der Waals surface area contributed by atoms with Crippen LogP contribution < -0.4 is 15.4 Å². The summed E-state index contributed by atoms with van der Waals surface area (Å²) in [5, 5.41) is 20.2. The lowest BCUT2D eigenvalue weighted by Crippen LogP contribution is -2.33. The molecule has 0 fully saturated rings. The van der Waals surface area contributed by atoms with Gasteiger partial charge >= 0.3 is 6.03 Å². The average Bonchev–Trinajstić information content (AvgIpc) is 3.47. The summed E-state index contributed by atoms with van der Waals surface area (Å²) in [4.78, 5) is 16.9. The maximum Gasteiger partial charge on any atom is 0.319 e. The summed E-state index contributed by atoms with van der Waals surface area (Å²) in [7, 11) is 1.60. The minimum atomic E-state index is -0.559. The van der Waals surface area contributed by atoms with Crippen molar-refractivity contribution in [3.8, 4) is 17.3 Å². The quantitative estimate of drug-likeness (QED) is 0.400. The Morgan fingerprint density at radius 3 is 2.65 bits per heavy atom. The molecule has 3 N–H and O–H groups in total. The molecule has 0 aliphatic rings. The van der Waals surface area contributed by atoms with Crippen molar-refractivity contribution in [2.45, 2.75) is 12.5 Å². The molecule has 4 aromatic rings. The Kier molecular flexibility index (Phi) is 6.08. The van der Waals surface area contributed by atoms with Crippen LogP contribution in [0.4, 0.5) is 10.5 Å². The molecule has 0 radical (unpaired) electrons. The highest BCUT2D eigenvalue weighted by Crippen LogP contribution is 2.27. The van der Waals surface area contributed by atoms with E-state index in [1.807, 2.05) is 24.3 Å². The zero-order valence-corrected chi connectivity index (χ0v) is 17.1. The van der Waals surface area contributed by atoms with Gasteiger partial charge in [0, 0.05) is 17.1 Å². The van der Waals surface area contributed by atoms with Crippen LogP contribution in [0.2, 0.25) is 5.02 Å². The van der Waals surface area contributed by atoms with E-state index < -0.39 is 12.1 Å². The smallest absolute Gasteiger partial charge is 0.319 e. The Morgan fingerprint density at radius 2 is 1.97 bits per heavy atom. The first-order chi connectivity index (χ1) is 15.1. The zero-order chi connectivity index (χ0) is 21.6. The third-order valence-electron chi connectivity index (χ3n) is 4.47. The van der Waals surface area contributed by atoms with E-state index in [4.69, 9.17) is 20.8 Å². The number of nitrogens with zero attached hydrogens (tertiary/aromatic N) is 4. The normalized spacial score (nSPS) is 11.7. The number of hydrogen-bond acceptors (Lipinski definition) is 7. The molecule has 2 aromatic heterocycles. The summed E-state index contributed by atoms with van der Waals surface area (Å²) < 4.78 is 10.8. The number of carbonyl (C=O) groups is 1. The number of oxazole rings is 1. The maximum absolute atomic E-state index is 12.7. The predicted molar refractivity (Wildman–Crippen MR) is 113 cm³/mol. The Morgan fingerprint density at radius 1 is 1.19 bits per heavy atom. The van der Waals surface area contributed by atoms with Crippen molar-refractivity contribution in [1.82, 2.24) is 30.9 Å². The van der Waals surface area contributed by atoms with E-state index in [0.717, 1.165) is 11.3 Å². The summed E-state index contributed by atoms with van der Waals surface area (Å²) in [6, 6.07) is 13.3. The molecule has 10 nitrogen and oxygen atoms in total. The Bertz CT molecular complexity index is 1130. The number of benzene rings is 2. The topological polar surface area (TPSA) is 131 Å². The summed E-state index contributed by atoms with van der Waals surface area (Å²) in [5.74, 6) is 1.41. The minimum absolute atomic E-state index is 0.267. The number of halogens is 1. The molecule has 2 aromatic carbocycles. The van der Waals surface area contributed by atoms with Crippen molar-refractivity contribution < 1.29 is 13.9 Å². The van der Waals surface area contributed by atoms with Gasteiger partial charge in [0.15, 0.2) is 17.8 Å². The Hall–Kier alpha value is -3.92. The number of aromatic nitrogens is 5. The number of carbonyl (C=O) groups excluding carboxylic acids is 1. The predicted octanol–water partition coefficient (Wildman–Crippen LogP) is 3.62. The molecule has 0 aliphatic heterocycles. The van der Waals surface area contributed by atoms with Crippen LogP contribution >= 0.6 is 11.6 Å². The van der Waals surface area contributed by atoms with E-state index in [0.29, 0.717) is 28.6 Å². The second-order valence-electron chi connectivity index (χ2n) is 6.51. The summed E-state index contributed by atoms with van der Waals surface area (Å²) in [5.41, 5.74) is 1.94. The Balaban J connectivity index is 1.58. The van der Waals surface area contributed by atoms with Gasteiger partial charge in [-0.15, -0.1) is 10.2 Å². The monoisotopic (exact) mass is 439 g/mol. The van der Waals surface area contributed by atoms with Gasteiger partial charge in [-0.25, -0.2) is 9.78 Å². The number of amides is 2. The SMILES string of the molecule is COc1ccc(CC(NC(=O)Nc2ccc(Cl)cc2)c2ocnc2-c2nn[nH]n2)cc1. The standard InChI is InChI=1S/C20H18ClN7O3/c1-30-15-8-2-12(3-9-15)10-16(18-17(22-11-31-18)19-25-27-28-26-19)24-20(29)23-14-6-4-13(21)5-7-14/h2-9,11,16H,10H2,1H3,(H2,23,24,29)(H,25,26,27,28). The van der Waals surface area contributed by atoms with E-state index in [1.54, 1.807) is 31.4 Å². The average molecular weight is 440 g/mol. The van der Waals surface area contributed by atoms with Gasteiger partial charge in [-0.2, -0.15) is 5.21 Å². The first-order valence-corrected chi connectivity index (χ1v) is 9.63. The fourth-order valence-electron chi connectivity index (χ4n) is 3.00. The molecule has 0 spiro atoms.